The first-order valence-electron chi connectivity index (χ1n) is 11.6. The molecule has 0 aliphatic carbocycles. The number of fused-ring (bicyclic) bond motifs is 1. The summed E-state index contributed by atoms with van der Waals surface area (Å²) in [5.41, 5.74) is 2.85. The monoisotopic (exact) mass is 483 g/mol. The molecule has 0 unspecified atom stereocenters. The van der Waals surface area contributed by atoms with Gasteiger partial charge in [0.1, 0.15) is 0 Å². The third kappa shape index (κ3) is 4.50. The van der Waals surface area contributed by atoms with Gasteiger partial charge in [-0.2, -0.15) is 4.31 Å². The second-order valence-electron chi connectivity index (χ2n) is 8.51. The van der Waals surface area contributed by atoms with Crippen molar-refractivity contribution >= 4 is 33.4 Å². The van der Waals surface area contributed by atoms with Crippen LogP contribution in [0.1, 0.15) is 54.6 Å². The van der Waals surface area contributed by atoms with E-state index in [9.17, 15) is 22.8 Å². The molecule has 2 aliphatic rings. The molecule has 1 saturated heterocycles. The van der Waals surface area contributed by atoms with E-state index in [1.54, 1.807) is 47.4 Å². The Labute approximate surface area is 200 Å². The number of imide groups is 1. The molecule has 2 aliphatic heterocycles. The first-order chi connectivity index (χ1) is 16.3. The quantitative estimate of drug-likeness (QED) is 0.565. The molecule has 0 saturated carbocycles. The summed E-state index contributed by atoms with van der Waals surface area (Å²) in [5.74, 6) is -0.505. The largest absolute Gasteiger partial charge is 0.308 e. The SMILES string of the molecule is CCN(CC)S(=O)(=O)c1ccc2c(c1)CCCN2C(=O)c1ccc(CN2C(=O)CCC2=O)cc1. The fraction of sp³-hybridized carbons (Fsp3) is 0.400. The number of aryl methyl sites for hydroxylation is 1. The van der Waals surface area contributed by atoms with Crippen molar-refractivity contribution in [3.63, 3.8) is 0 Å². The average molecular weight is 484 g/mol. The summed E-state index contributed by atoms with van der Waals surface area (Å²) in [6, 6.07) is 11.9. The van der Waals surface area contributed by atoms with E-state index in [2.05, 4.69) is 0 Å². The van der Waals surface area contributed by atoms with E-state index in [1.165, 1.54) is 9.21 Å². The Bertz CT molecular complexity index is 1200. The lowest BCUT2D eigenvalue weighted by molar-refractivity contribution is -0.139. The van der Waals surface area contributed by atoms with E-state index in [0.29, 0.717) is 31.6 Å². The molecule has 2 aromatic carbocycles. The molecule has 4 rings (SSSR count). The molecule has 2 aromatic rings. The first kappa shape index (κ1) is 24.1. The smallest absolute Gasteiger partial charge is 0.258 e. The van der Waals surface area contributed by atoms with Gasteiger partial charge in [0.15, 0.2) is 0 Å². The van der Waals surface area contributed by atoms with Crippen LogP contribution in [-0.2, 0) is 32.6 Å². The van der Waals surface area contributed by atoms with Gasteiger partial charge in [0.25, 0.3) is 5.91 Å². The Balaban J connectivity index is 1.54. The summed E-state index contributed by atoms with van der Waals surface area (Å²) in [6.07, 6.45) is 1.95. The average Bonchev–Trinajstić information content (AvgIpc) is 3.16. The molecule has 8 nitrogen and oxygen atoms in total. The van der Waals surface area contributed by atoms with Crippen LogP contribution in [0.5, 0.6) is 0 Å². The zero-order chi connectivity index (χ0) is 24.5. The van der Waals surface area contributed by atoms with Crippen LogP contribution < -0.4 is 4.90 Å². The van der Waals surface area contributed by atoms with Gasteiger partial charge in [-0.15, -0.1) is 0 Å². The zero-order valence-corrected chi connectivity index (χ0v) is 20.3. The maximum Gasteiger partial charge on any atom is 0.258 e. The molecule has 180 valence electrons. The highest BCUT2D eigenvalue weighted by Crippen LogP contribution is 2.31. The molecule has 0 atom stereocenters. The van der Waals surface area contributed by atoms with E-state index in [-0.39, 0.29) is 42.0 Å². The van der Waals surface area contributed by atoms with Gasteiger partial charge >= 0.3 is 0 Å². The highest BCUT2D eigenvalue weighted by atomic mass is 32.2. The Morgan fingerprint density at radius 1 is 0.941 bits per heavy atom. The Morgan fingerprint density at radius 3 is 2.21 bits per heavy atom. The number of benzene rings is 2. The molecule has 34 heavy (non-hydrogen) atoms. The fourth-order valence-corrected chi connectivity index (χ4v) is 6.06. The Kier molecular flexibility index (Phi) is 6.86. The van der Waals surface area contributed by atoms with Gasteiger partial charge in [0, 0.05) is 43.7 Å². The van der Waals surface area contributed by atoms with E-state index in [0.717, 1.165) is 23.2 Å². The van der Waals surface area contributed by atoms with Crippen molar-refractivity contribution in [1.29, 1.82) is 0 Å². The van der Waals surface area contributed by atoms with Gasteiger partial charge < -0.3 is 4.90 Å². The van der Waals surface area contributed by atoms with Crippen LogP contribution in [0.25, 0.3) is 0 Å². The van der Waals surface area contributed by atoms with Crippen molar-refractivity contribution < 1.29 is 22.8 Å². The van der Waals surface area contributed by atoms with Gasteiger partial charge in [-0.1, -0.05) is 26.0 Å². The molecular formula is C25H29N3O5S. The van der Waals surface area contributed by atoms with Crippen molar-refractivity contribution in [2.24, 2.45) is 0 Å². The molecular weight excluding hydrogens is 454 g/mol. The summed E-state index contributed by atoms with van der Waals surface area (Å²) in [4.78, 5) is 40.2. The zero-order valence-electron chi connectivity index (χ0n) is 19.5. The molecule has 9 heteroatoms. The third-order valence-corrected chi connectivity index (χ3v) is 8.50. The van der Waals surface area contributed by atoms with Crippen LogP contribution >= 0.6 is 0 Å². The molecule has 0 N–H and O–H groups in total. The topological polar surface area (TPSA) is 95.1 Å². The second kappa shape index (κ2) is 9.68. The highest BCUT2D eigenvalue weighted by Gasteiger charge is 2.30. The van der Waals surface area contributed by atoms with E-state index in [1.807, 2.05) is 13.8 Å². The van der Waals surface area contributed by atoms with Crippen molar-refractivity contribution in [2.75, 3.05) is 24.5 Å². The summed E-state index contributed by atoms with van der Waals surface area (Å²) in [7, 11) is -3.57. The maximum absolute atomic E-state index is 13.3. The number of rotatable bonds is 7. The predicted octanol–water partition coefficient (Wildman–Crippen LogP) is 2.96. The number of nitrogens with zero attached hydrogens (tertiary/aromatic N) is 3. The number of sulfonamides is 1. The van der Waals surface area contributed by atoms with Gasteiger partial charge in [-0.3, -0.25) is 19.3 Å². The van der Waals surface area contributed by atoms with Crippen LogP contribution in [-0.4, -0.2) is 55.0 Å². The number of likely N-dealkylation sites (tertiary alicyclic amines) is 1. The Hall–Kier alpha value is -3.04. The lowest BCUT2D eigenvalue weighted by Crippen LogP contribution is -2.36. The Morgan fingerprint density at radius 2 is 1.59 bits per heavy atom. The van der Waals surface area contributed by atoms with E-state index < -0.39 is 10.0 Å². The van der Waals surface area contributed by atoms with Crippen molar-refractivity contribution in [3.8, 4) is 0 Å². The number of hydrogen-bond donors (Lipinski definition) is 0. The summed E-state index contributed by atoms with van der Waals surface area (Å²) < 4.78 is 27.2. The minimum Gasteiger partial charge on any atom is -0.308 e. The van der Waals surface area contributed by atoms with Crippen molar-refractivity contribution in [3.05, 3.63) is 59.2 Å². The van der Waals surface area contributed by atoms with Crippen LogP contribution in [0, 0.1) is 0 Å². The molecule has 0 aromatic heterocycles. The number of hydrogen-bond acceptors (Lipinski definition) is 5. The van der Waals surface area contributed by atoms with Crippen LogP contribution in [0.3, 0.4) is 0 Å². The molecule has 3 amide bonds. The van der Waals surface area contributed by atoms with Gasteiger partial charge in [-0.25, -0.2) is 8.42 Å². The second-order valence-corrected chi connectivity index (χ2v) is 10.4. The summed E-state index contributed by atoms with van der Waals surface area (Å²) in [6.45, 7) is 5.18. The van der Waals surface area contributed by atoms with Crippen molar-refractivity contribution in [2.45, 2.75) is 51.0 Å². The molecule has 0 bridgehead atoms. The molecule has 0 radical (unpaired) electrons. The first-order valence-corrected chi connectivity index (χ1v) is 13.1. The number of carbonyl (C=O) groups excluding carboxylic acids is 3. The summed E-state index contributed by atoms with van der Waals surface area (Å²) in [5, 5.41) is 0. The normalized spacial score (nSPS) is 16.3. The van der Waals surface area contributed by atoms with Crippen LogP contribution in [0.2, 0.25) is 0 Å². The van der Waals surface area contributed by atoms with Gasteiger partial charge in [0.2, 0.25) is 21.8 Å². The van der Waals surface area contributed by atoms with Gasteiger partial charge in [-0.05, 0) is 54.3 Å². The summed E-state index contributed by atoms with van der Waals surface area (Å²) >= 11 is 0. The standard InChI is InChI=1S/C25H29N3O5S/c1-3-26(4-2)34(32,33)21-11-12-22-20(16-21)6-5-15-27(22)25(31)19-9-7-18(8-10-19)17-28-23(29)13-14-24(28)30/h7-12,16H,3-6,13-15,17H2,1-2H3. The fourth-order valence-electron chi connectivity index (χ4n) is 4.55. The predicted molar refractivity (Wildman–Crippen MR) is 128 cm³/mol. The number of amides is 3. The van der Waals surface area contributed by atoms with Gasteiger partial charge in [0.05, 0.1) is 11.4 Å². The highest BCUT2D eigenvalue weighted by molar-refractivity contribution is 7.89. The molecule has 0 spiro atoms. The van der Waals surface area contributed by atoms with E-state index >= 15 is 0 Å². The number of anilines is 1. The van der Waals surface area contributed by atoms with E-state index in [4.69, 9.17) is 0 Å². The maximum atomic E-state index is 13.3. The lowest BCUT2D eigenvalue weighted by Gasteiger charge is -2.30. The van der Waals surface area contributed by atoms with Crippen LogP contribution in [0.4, 0.5) is 5.69 Å². The number of carbonyl (C=O) groups is 3. The third-order valence-electron chi connectivity index (χ3n) is 6.45. The molecule has 1 fully saturated rings. The lowest BCUT2D eigenvalue weighted by atomic mass is 10.0. The molecule has 2 heterocycles. The van der Waals surface area contributed by atoms with Crippen molar-refractivity contribution in [1.82, 2.24) is 9.21 Å². The van der Waals surface area contributed by atoms with Crippen LogP contribution in [0.15, 0.2) is 47.4 Å². The minimum atomic E-state index is -3.57. The minimum absolute atomic E-state index is 0.167.